The van der Waals surface area contributed by atoms with Crippen LogP contribution < -0.4 is 10.1 Å². The normalized spacial score (nSPS) is 16.6. The van der Waals surface area contributed by atoms with Gasteiger partial charge in [-0.25, -0.2) is 0 Å². The van der Waals surface area contributed by atoms with E-state index in [1.807, 2.05) is 6.08 Å². The Morgan fingerprint density at radius 3 is 3.06 bits per heavy atom. The highest BCUT2D eigenvalue weighted by Gasteiger charge is 2.31. The number of fused-ring (bicyclic) bond motifs is 1. The van der Waals surface area contributed by atoms with Gasteiger partial charge in [0.05, 0.1) is 0 Å². The second-order valence-electron chi connectivity index (χ2n) is 4.86. The highest BCUT2D eigenvalue weighted by molar-refractivity contribution is 5.45. The first-order valence-corrected chi connectivity index (χ1v) is 5.74. The maximum absolute atomic E-state index is 5.99. The molecule has 86 valence electrons. The minimum absolute atomic E-state index is 0.0587. The van der Waals surface area contributed by atoms with Gasteiger partial charge in [-0.1, -0.05) is 24.3 Å². The summed E-state index contributed by atoms with van der Waals surface area (Å²) < 4.78 is 5.99. The minimum atomic E-state index is -0.0587. The van der Waals surface area contributed by atoms with Crippen LogP contribution in [0.15, 0.2) is 30.9 Å². The number of ether oxygens (including phenoxy) is 1. The summed E-state index contributed by atoms with van der Waals surface area (Å²) in [5.41, 5.74) is 2.50. The molecule has 0 aromatic heterocycles. The van der Waals surface area contributed by atoms with Crippen LogP contribution in [0, 0.1) is 0 Å². The van der Waals surface area contributed by atoms with Gasteiger partial charge < -0.3 is 10.1 Å². The molecule has 0 unspecified atom stereocenters. The predicted octanol–water partition coefficient (Wildman–Crippen LogP) is 2.68. The molecule has 1 aliphatic rings. The zero-order valence-corrected chi connectivity index (χ0v) is 10.0. The lowest BCUT2D eigenvalue weighted by molar-refractivity contribution is 0.137. The smallest absolute Gasteiger partial charge is 0.127 e. The van der Waals surface area contributed by atoms with Crippen LogP contribution in [0.2, 0.25) is 0 Å². The molecular weight excluding hydrogens is 198 g/mol. The van der Waals surface area contributed by atoms with Crippen molar-refractivity contribution in [2.45, 2.75) is 32.4 Å². The Morgan fingerprint density at radius 2 is 2.31 bits per heavy atom. The molecule has 1 aromatic carbocycles. The van der Waals surface area contributed by atoms with Crippen molar-refractivity contribution in [1.29, 1.82) is 0 Å². The van der Waals surface area contributed by atoms with Crippen molar-refractivity contribution in [3.8, 4) is 5.75 Å². The topological polar surface area (TPSA) is 21.3 Å². The molecule has 0 fully saturated rings. The van der Waals surface area contributed by atoms with E-state index in [4.69, 9.17) is 4.74 Å². The number of hydrogen-bond donors (Lipinski definition) is 1. The number of para-hydroxylation sites is 1. The van der Waals surface area contributed by atoms with E-state index in [9.17, 15) is 0 Å². The third-order valence-electron chi connectivity index (χ3n) is 2.78. The SMILES string of the molecule is C=CCNCc1cccc2c1OC(C)(C)C2. The highest BCUT2D eigenvalue weighted by atomic mass is 16.5. The molecule has 1 aromatic rings. The van der Waals surface area contributed by atoms with Gasteiger partial charge in [-0.05, 0) is 19.4 Å². The van der Waals surface area contributed by atoms with Crippen molar-refractivity contribution < 1.29 is 4.74 Å². The monoisotopic (exact) mass is 217 g/mol. The average Bonchev–Trinajstić information content (AvgIpc) is 2.53. The van der Waals surface area contributed by atoms with Gasteiger partial charge >= 0.3 is 0 Å². The summed E-state index contributed by atoms with van der Waals surface area (Å²) in [6, 6.07) is 6.38. The molecule has 2 rings (SSSR count). The summed E-state index contributed by atoms with van der Waals surface area (Å²) in [4.78, 5) is 0. The lowest BCUT2D eigenvalue weighted by Gasteiger charge is -2.18. The standard InChI is InChI=1S/C14H19NO/c1-4-8-15-10-12-7-5-6-11-9-14(2,3)16-13(11)12/h4-7,15H,1,8-10H2,2-3H3. The molecule has 0 bridgehead atoms. The summed E-state index contributed by atoms with van der Waals surface area (Å²) in [6.07, 6.45) is 2.87. The van der Waals surface area contributed by atoms with Gasteiger partial charge in [-0.15, -0.1) is 6.58 Å². The summed E-state index contributed by atoms with van der Waals surface area (Å²) in [7, 11) is 0. The Kier molecular flexibility index (Phi) is 3.01. The predicted molar refractivity (Wildman–Crippen MR) is 66.8 cm³/mol. The van der Waals surface area contributed by atoms with E-state index in [-0.39, 0.29) is 5.60 Å². The van der Waals surface area contributed by atoms with E-state index < -0.39 is 0 Å². The molecule has 0 atom stereocenters. The minimum Gasteiger partial charge on any atom is -0.487 e. The Morgan fingerprint density at radius 1 is 1.50 bits per heavy atom. The number of rotatable bonds is 4. The maximum atomic E-state index is 5.99. The molecule has 1 heterocycles. The van der Waals surface area contributed by atoms with E-state index in [0.29, 0.717) is 0 Å². The Hall–Kier alpha value is -1.28. The van der Waals surface area contributed by atoms with Crippen LogP contribution >= 0.6 is 0 Å². The van der Waals surface area contributed by atoms with Gasteiger partial charge in [-0.2, -0.15) is 0 Å². The molecule has 2 nitrogen and oxygen atoms in total. The van der Waals surface area contributed by atoms with Crippen molar-refractivity contribution >= 4 is 0 Å². The molecule has 0 aliphatic carbocycles. The van der Waals surface area contributed by atoms with Crippen molar-refractivity contribution in [1.82, 2.24) is 5.32 Å². The van der Waals surface area contributed by atoms with Crippen LogP contribution in [0.5, 0.6) is 5.75 Å². The van der Waals surface area contributed by atoms with E-state index in [1.165, 1.54) is 11.1 Å². The maximum Gasteiger partial charge on any atom is 0.127 e. The summed E-state index contributed by atoms with van der Waals surface area (Å²) >= 11 is 0. The number of benzene rings is 1. The molecule has 0 radical (unpaired) electrons. The van der Waals surface area contributed by atoms with Crippen LogP contribution in [0.3, 0.4) is 0 Å². The van der Waals surface area contributed by atoms with E-state index >= 15 is 0 Å². The molecule has 0 spiro atoms. The molecule has 0 amide bonds. The molecular formula is C14H19NO. The zero-order valence-electron chi connectivity index (χ0n) is 10.0. The van der Waals surface area contributed by atoms with Crippen molar-refractivity contribution in [3.05, 3.63) is 42.0 Å². The van der Waals surface area contributed by atoms with Crippen molar-refractivity contribution in [3.63, 3.8) is 0 Å². The summed E-state index contributed by atoms with van der Waals surface area (Å²) in [5.74, 6) is 1.07. The second kappa shape index (κ2) is 4.30. The fraction of sp³-hybridized carbons (Fsp3) is 0.429. The molecule has 0 saturated carbocycles. The molecule has 1 aliphatic heterocycles. The van der Waals surface area contributed by atoms with Crippen molar-refractivity contribution in [2.75, 3.05) is 6.54 Å². The third kappa shape index (κ3) is 2.27. The van der Waals surface area contributed by atoms with Gasteiger partial charge in [0.25, 0.3) is 0 Å². The molecule has 1 N–H and O–H groups in total. The lowest BCUT2D eigenvalue weighted by atomic mass is 10.0. The third-order valence-corrected chi connectivity index (χ3v) is 2.78. The van der Waals surface area contributed by atoms with Gasteiger partial charge in [0.2, 0.25) is 0 Å². The first-order chi connectivity index (χ1) is 7.62. The van der Waals surface area contributed by atoms with Gasteiger partial charge in [0.15, 0.2) is 0 Å². The zero-order chi connectivity index (χ0) is 11.6. The largest absolute Gasteiger partial charge is 0.487 e. The van der Waals surface area contributed by atoms with E-state index in [2.05, 4.69) is 43.9 Å². The van der Waals surface area contributed by atoms with Crippen LogP contribution in [0.4, 0.5) is 0 Å². The number of nitrogens with one attached hydrogen (secondary N) is 1. The first-order valence-electron chi connectivity index (χ1n) is 5.74. The van der Waals surface area contributed by atoms with Crippen LogP contribution in [0.25, 0.3) is 0 Å². The second-order valence-corrected chi connectivity index (χ2v) is 4.86. The number of hydrogen-bond acceptors (Lipinski definition) is 2. The van der Waals surface area contributed by atoms with Crippen molar-refractivity contribution in [2.24, 2.45) is 0 Å². The van der Waals surface area contributed by atoms with Crippen LogP contribution in [0.1, 0.15) is 25.0 Å². The average molecular weight is 217 g/mol. The van der Waals surface area contributed by atoms with Crippen LogP contribution in [-0.4, -0.2) is 12.1 Å². The molecule has 0 saturated heterocycles. The fourth-order valence-electron chi connectivity index (χ4n) is 2.13. The van der Waals surface area contributed by atoms with Gasteiger partial charge in [0, 0.05) is 25.1 Å². The highest BCUT2D eigenvalue weighted by Crippen LogP contribution is 2.37. The van der Waals surface area contributed by atoms with E-state index in [0.717, 1.165) is 25.3 Å². The van der Waals surface area contributed by atoms with Crippen LogP contribution in [-0.2, 0) is 13.0 Å². The van der Waals surface area contributed by atoms with E-state index in [1.54, 1.807) is 0 Å². The Balaban J connectivity index is 2.16. The van der Waals surface area contributed by atoms with Gasteiger partial charge in [0.1, 0.15) is 11.4 Å². The lowest BCUT2D eigenvalue weighted by Crippen LogP contribution is -2.25. The molecule has 2 heteroatoms. The van der Waals surface area contributed by atoms with Gasteiger partial charge in [-0.3, -0.25) is 0 Å². The quantitative estimate of drug-likeness (QED) is 0.618. The summed E-state index contributed by atoms with van der Waals surface area (Å²) in [6.45, 7) is 9.62. The Labute approximate surface area is 97.3 Å². The fourth-order valence-corrected chi connectivity index (χ4v) is 2.13. The first kappa shape index (κ1) is 11.2. The summed E-state index contributed by atoms with van der Waals surface area (Å²) in [5, 5.41) is 3.31. The molecule has 16 heavy (non-hydrogen) atoms. The Bertz CT molecular complexity index is 396.